The average Bonchev–Trinajstić information content (AvgIpc) is 2.40. The molecule has 1 aliphatic heterocycles. The molecule has 0 amide bonds. The molecule has 1 saturated heterocycles. The molecule has 1 N–H and O–H groups in total. The molecule has 2 aliphatic rings. The van der Waals surface area contributed by atoms with E-state index in [0.29, 0.717) is 18.5 Å². The minimum absolute atomic E-state index is 0.190. The van der Waals surface area contributed by atoms with Crippen molar-refractivity contribution in [2.75, 3.05) is 18.5 Å². The van der Waals surface area contributed by atoms with E-state index in [-0.39, 0.29) is 10.8 Å². The van der Waals surface area contributed by atoms with E-state index in [1.165, 1.54) is 6.42 Å². The first-order chi connectivity index (χ1) is 8.58. The van der Waals surface area contributed by atoms with E-state index >= 15 is 0 Å². The number of nitrogens with one attached hydrogen (secondary N) is 1. The van der Waals surface area contributed by atoms with Gasteiger partial charge in [0.25, 0.3) is 0 Å². The summed E-state index contributed by atoms with van der Waals surface area (Å²) in [5.74, 6) is 0. The molecule has 0 aromatic heterocycles. The highest BCUT2D eigenvalue weighted by Gasteiger charge is 2.38. The highest BCUT2D eigenvalue weighted by molar-refractivity contribution is 9.09. The van der Waals surface area contributed by atoms with Crippen molar-refractivity contribution in [3.63, 3.8) is 0 Å². The molecule has 0 aromatic carbocycles. The maximum absolute atomic E-state index is 12.4. The third-order valence-corrected chi connectivity index (χ3v) is 7.20. The Bertz CT molecular complexity index is 360. The fraction of sp³-hybridized carbons (Fsp3) is 1.00. The predicted molar refractivity (Wildman–Crippen MR) is 75.5 cm³/mol. The average molecular weight is 340 g/mol. The van der Waals surface area contributed by atoms with Crippen LogP contribution in [0.3, 0.4) is 0 Å². The number of sulfonamides is 1. The second-order valence-electron chi connectivity index (χ2n) is 5.43. The molecular weight excluding hydrogens is 318 g/mol. The zero-order valence-corrected chi connectivity index (χ0v) is 13.1. The lowest BCUT2D eigenvalue weighted by Crippen LogP contribution is -2.55. The summed E-state index contributed by atoms with van der Waals surface area (Å²) in [7, 11) is -3.19. The molecule has 4 nitrogen and oxygen atoms in total. The second kappa shape index (κ2) is 6.20. The Hall–Kier alpha value is 0.350. The molecule has 0 spiro atoms. The highest BCUT2D eigenvalue weighted by atomic mass is 79.9. The quantitative estimate of drug-likeness (QED) is 0.798. The van der Waals surface area contributed by atoms with Gasteiger partial charge in [0.1, 0.15) is 0 Å². The summed E-state index contributed by atoms with van der Waals surface area (Å²) >= 11 is 3.46. The fourth-order valence-corrected chi connectivity index (χ4v) is 5.67. The van der Waals surface area contributed by atoms with Crippen molar-refractivity contribution in [3.8, 4) is 0 Å². The SMILES string of the molecule is O=S(=O)(NC1(CBr)CCOCC1)C1CCCCC1. The van der Waals surface area contributed by atoms with Gasteiger partial charge in [0.15, 0.2) is 0 Å². The minimum Gasteiger partial charge on any atom is -0.381 e. The second-order valence-corrected chi connectivity index (χ2v) is 7.95. The topological polar surface area (TPSA) is 55.4 Å². The zero-order chi connectivity index (χ0) is 13.1. The van der Waals surface area contributed by atoms with Crippen molar-refractivity contribution in [1.29, 1.82) is 0 Å². The van der Waals surface area contributed by atoms with Crippen LogP contribution in [-0.4, -0.2) is 37.8 Å². The van der Waals surface area contributed by atoms with Gasteiger partial charge in [0, 0.05) is 24.1 Å². The number of ether oxygens (including phenoxy) is 1. The van der Waals surface area contributed by atoms with Gasteiger partial charge in [-0.3, -0.25) is 0 Å². The van der Waals surface area contributed by atoms with Crippen LogP contribution in [0.5, 0.6) is 0 Å². The van der Waals surface area contributed by atoms with E-state index in [1.54, 1.807) is 0 Å². The summed E-state index contributed by atoms with van der Waals surface area (Å²) in [6.45, 7) is 1.28. The van der Waals surface area contributed by atoms with Crippen molar-refractivity contribution in [1.82, 2.24) is 4.72 Å². The molecule has 0 bridgehead atoms. The predicted octanol–water partition coefficient (Wildman–Crippen LogP) is 2.18. The Morgan fingerprint density at radius 3 is 2.33 bits per heavy atom. The highest BCUT2D eigenvalue weighted by Crippen LogP contribution is 2.28. The van der Waals surface area contributed by atoms with E-state index in [1.807, 2.05) is 0 Å². The van der Waals surface area contributed by atoms with Crippen LogP contribution in [0.15, 0.2) is 0 Å². The summed E-state index contributed by atoms with van der Waals surface area (Å²) in [6, 6.07) is 0. The Labute approximate surface area is 118 Å². The summed E-state index contributed by atoms with van der Waals surface area (Å²) in [5.41, 5.74) is -0.339. The van der Waals surface area contributed by atoms with Crippen LogP contribution in [0.25, 0.3) is 0 Å². The van der Waals surface area contributed by atoms with E-state index in [4.69, 9.17) is 4.74 Å². The van der Waals surface area contributed by atoms with Gasteiger partial charge in [-0.1, -0.05) is 35.2 Å². The van der Waals surface area contributed by atoms with Gasteiger partial charge in [-0.05, 0) is 25.7 Å². The molecule has 2 fully saturated rings. The van der Waals surface area contributed by atoms with E-state index in [2.05, 4.69) is 20.7 Å². The van der Waals surface area contributed by atoms with Gasteiger partial charge in [0.2, 0.25) is 10.0 Å². The van der Waals surface area contributed by atoms with Crippen LogP contribution in [0.2, 0.25) is 0 Å². The van der Waals surface area contributed by atoms with Gasteiger partial charge < -0.3 is 4.74 Å². The fourth-order valence-electron chi connectivity index (χ4n) is 2.79. The van der Waals surface area contributed by atoms with Crippen LogP contribution in [0, 0.1) is 0 Å². The van der Waals surface area contributed by atoms with Gasteiger partial charge in [-0.15, -0.1) is 0 Å². The first-order valence-corrected chi connectivity index (χ1v) is 9.41. The van der Waals surface area contributed by atoms with Gasteiger partial charge in [0.05, 0.1) is 5.25 Å². The molecule has 0 radical (unpaired) electrons. The minimum atomic E-state index is -3.19. The molecule has 6 heteroatoms. The monoisotopic (exact) mass is 339 g/mol. The van der Waals surface area contributed by atoms with Gasteiger partial charge in [-0.2, -0.15) is 0 Å². The first kappa shape index (κ1) is 14.8. The third kappa shape index (κ3) is 3.46. The number of rotatable bonds is 4. The molecule has 2 rings (SSSR count). The number of hydrogen-bond acceptors (Lipinski definition) is 3. The summed E-state index contributed by atoms with van der Waals surface area (Å²) in [6.07, 6.45) is 6.37. The van der Waals surface area contributed by atoms with Crippen molar-refractivity contribution >= 4 is 26.0 Å². The lowest BCUT2D eigenvalue weighted by molar-refractivity contribution is 0.0556. The smallest absolute Gasteiger partial charge is 0.215 e. The van der Waals surface area contributed by atoms with Crippen molar-refractivity contribution in [3.05, 3.63) is 0 Å². The number of halogens is 1. The van der Waals surface area contributed by atoms with E-state index in [9.17, 15) is 8.42 Å². The Kier molecular flexibility index (Phi) is 5.08. The Balaban J connectivity index is 2.05. The van der Waals surface area contributed by atoms with Crippen molar-refractivity contribution in [2.24, 2.45) is 0 Å². The van der Waals surface area contributed by atoms with Crippen LogP contribution in [0.1, 0.15) is 44.9 Å². The van der Waals surface area contributed by atoms with Gasteiger partial charge in [-0.25, -0.2) is 13.1 Å². The lowest BCUT2D eigenvalue weighted by Gasteiger charge is -2.37. The molecule has 1 aliphatic carbocycles. The first-order valence-electron chi connectivity index (χ1n) is 6.74. The molecular formula is C12H22BrNO3S. The van der Waals surface area contributed by atoms with Gasteiger partial charge >= 0.3 is 0 Å². The molecule has 0 atom stereocenters. The summed E-state index contributed by atoms with van der Waals surface area (Å²) < 4.78 is 33.2. The van der Waals surface area contributed by atoms with E-state index < -0.39 is 10.0 Å². The molecule has 18 heavy (non-hydrogen) atoms. The van der Waals surface area contributed by atoms with Crippen LogP contribution >= 0.6 is 15.9 Å². The number of alkyl halides is 1. The largest absolute Gasteiger partial charge is 0.381 e. The molecule has 1 heterocycles. The Morgan fingerprint density at radius 1 is 1.17 bits per heavy atom. The zero-order valence-electron chi connectivity index (χ0n) is 10.7. The van der Waals surface area contributed by atoms with Crippen LogP contribution in [-0.2, 0) is 14.8 Å². The van der Waals surface area contributed by atoms with E-state index in [0.717, 1.165) is 38.5 Å². The number of hydrogen-bond donors (Lipinski definition) is 1. The molecule has 1 saturated carbocycles. The Morgan fingerprint density at radius 2 is 1.78 bits per heavy atom. The maximum atomic E-state index is 12.4. The van der Waals surface area contributed by atoms with Crippen molar-refractivity contribution < 1.29 is 13.2 Å². The third-order valence-electron chi connectivity index (χ3n) is 4.06. The molecule has 106 valence electrons. The summed E-state index contributed by atoms with van der Waals surface area (Å²) in [4.78, 5) is 0. The van der Waals surface area contributed by atoms with Crippen LogP contribution < -0.4 is 4.72 Å². The van der Waals surface area contributed by atoms with Crippen LogP contribution in [0.4, 0.5) is 0 Å². The lowest BCUT2D eigenvalue weighted by atomic mass is 9.94. The maximum Gasteiger partial charge on any atom is 0.215 e. The standard InChI is InChI=1S/C12H22BrNO3S/c13-10-12(6-8-17-9-7-12)14-18(15,16)11-4-2-1-3-5-11/h11,14H,1-10H2. The normalized spacial score (nSPS) is 26.1. The molecule has 0 aromatic rings. The summed E-state index contributed by atoms with van der Waals surface area (Å²) in [5, 5.41) is 0.472. The van der Waals surface area contributed by atoms with Crippen molar-refractivity contribution in [2.45, 2.75) is 55.7 Å². The molecule has 0 unspecified atom stereocenters.